The van der Waals surface area contributed by atoms with E-state index >= 15 is 0 Å². The van der Waals surface area contributed by atoms with Crippen LogP contribution in [0.4, 0.5) is 0 Å². The number of hydrogen-bond donors (Lipinski definition) is 0. The molecule has 0 aliphatic carbocycles. The third kappa shape index (κ3) is 11.7. The Kier molecular flexibility index (Phi) is 16.3. The van der Waals surface area contributed by atoms with E-state index < -0.39 is 0 Å². The van der Waals surface area contributed by atoms with Gasteiger partial charge in [0.1, 0.15) is 0 Å². The fraction of sp³-hybridized carbons (Fsp3) is 1.00. The summed E-state index contributed by atoms with van der Waals surface area (Å²) in [6, 6.07) is 0. The monoisotopic (exact) mass is 189 g/mol. The van der Waals surface area contributed by atoms with Crippen molar-refractivity contribution in [1.82, 2.24) is 0 Å². The van der Waals surface area contributed by atoms with E-state index in [1.165, 1.54) is 10.9 Å². The average Bonchev–Trinajstić information content (AvgIpc) is 1.37. The molecule has 0 saturated carbocycles. The Morgan fingerprint density at radius 1 is 1.60 bits per heavy atom. The predicted octanol–water partition coefficient (Wildman–Crippen LogP) is 0.864. The molecule has 0 saturated heterocycles. The second-order valence-corrected chi connectivity index (χ2v) is 1.87. The quantitative estimate of drug-likeness (QED) is 0.544. The van der Waals surface area contributed by atoms with E-state index in [0.717, 1.165) is 0 Å². The van der Waals surface area contributed by atoms with Crippen LogP contribution in [0.3, 0.4) is 0 Å². The fourth-order valence-electron chi connectivity index (χ4n) is 0. The van der Waals surface area contributed by atoms with Crippen LogP contribution >= 0.6 is 0 Å². The van der Waals surface area contributed by atoms with Crippen molar-refractivity contribution < 1.29 is 5.48 Å². The largest absolute Gasteiger partial charge is 0 e. The molecule has 0 unspecified atom stereocenters. The van der Waals surface area contributed by atoms with Crippen molar-refractivity contribution in [2.75, 3.05) is 0 Å². The van der Waals surface area contributed by atoms with Gasteiger partial charge in [-0.05, 0) is 0 Å². The maximum atomic E-state index is 2.18. The van der Waals surface area contributed by atoms with Gasteiger partial charge >= 0.3 is 40.1 Å². The molecule has 0 aliphatic heterocycles. The Balaban J connectivity index is 0. The number of hydrogen-bond acceptors (Lipinski definition) is 0. The Bertz CT molecular complexity index is 8.85. The first kappa shape index (κ1) is 9.23. The summed E-state index contributed by atoms with van der Waals surface area (Å²) in [6.45, 7) is 2.18. The summed E-state index contributed by atoms with van der Waals surface area (Å²) in [7, 11) is 0. The van der Waals surface area contributed by atoms with Crippen molar-refractivity contribution in [3.8, 4) is 0 Å². The maximum Gasteiger partial charge on any atom is 0 e. The Labute approximate surface area is 46.0 Å². The van der Waals surface area contributed by atoms with Gasteiger partial charge in [-0.1, -0.05) is 0 Å². The van der Waals surface area contributed by atoms with E-state index in [4.69, 9.17) is 0 Å². The first-order valence-electron chi connectivity index (χ1n) is 1.50. The van der Waals surface area contributed by atoms with Gasteiger partial charge in [0.2, 0.25) is 0 Å². The van der Waals surface area contributed by atoms with Gasteiger partial charge in [0, 0.05) is 5.48 Å². The van der Waals surface area contributed by atoms with Crippen LogP contribution in [0.25, 0.3) is 0 Å². The fourth-order valence-corrected chi connectivity index (χ4v) is 0. The zero-order chi connectivity index (χ0) is 3.41. The van der Waals surface area contributed by atoms with E-state index in [1.807, 2.05) is 0 Å². The van der Waals surface area contributed by atoms with Gasteiger partial charge in [0.05, 0.1) is 0 Å². The summed E-state index contributed by atoms with van der Waals surface area (Å²) < 4.78 is 1.33. The minimum absolute atomic E-state index is 0. The van der Waals surface area contributed by atoms with Crippen LogP contribution in [0.5, 0.6) is 0 Å². The van der Waals surface area contributed by atoms with Gasteiger partial charge in [0.15, 0.2) is 0 Å². The normalized spacial score (nSPS) is 6.00. The van der Waals surface area contributed by atoms with Crippen LogP contribution in [0.2, 0.25) is 4.47 Å². The van der Waals surface area contributed by atoms with E-state index in [9.17, 15) is 0 Å². The van der Waals surface area contributed by atoms with Crippen LogP contribution in [0, 0.1) is 0 Å². The molecule has 0 heterocycles. The van der Waals surface area contributed by atoms with Gasteiger partial charge in [-0.25, -0.2) is 0 Å². The Morgan fingerprint density at radius 2 is 1.80 bits per heavy atom. The van der Waals surface area contributed by atoms with Crippen LogP contribution in [-0.2, 0) is 5.48 Å². The van der Waals surface area contributed by atoms with Crippen LogP contribution in [0.1, 0.15) is 13.3 Å². The van der Waals surface area contributed by atoms with E-state index in [2.05, 4.69) is 29.2 Å². The smallest absolute Gasteiger partial charge is 0 e. The minimum atomic E-state index is 0. The average molecular weight is 187 g/mol. The molecule has 1 nitrogen and oxygen atoms in total. The topological polar surface area (TPSA) is 28.5 Å². The van der Waals surface area contributed by atoms with E-state index in [-0.39, 0.29) is 5.48 Å². The molecule has 0 atom stereocenters. The van der Waals surface area contributed by atoms with Crippen molar-refractivity contribution in [3.63, 3.8) is 0 Å². The first-order valence-corrected chi connectivity index (χ1v) is 3.14. The second-order valence-electron chi connectivity index (χ2n) is 0.704. The molecule has 0 aromatic rings. The van der Waals surface area contributed by atoms with Gasteiger partial charge in [-0.15, -0.1) is 0 Å². The van der Waals surface area contributed by atoms with Crippen LogP contribution < -0.4 is 0 Å². The van der Waals surface area contributed by atoms with Gasteiger partial charge in [-0.2, -0.15) is 0 Å². The molecule has 0 rings (SSSR count). The molecule has 0 amide bonds. The van der Waals surface area contributed by atoms with E-state index in [0.29, 0.717) is 0 Å². The summed E-state index contributed by atoms with van der Waals surface area (Å²) in [6.07, 6.45) is 1.32. The molecule has 0 fully saturated rings. The second kappa shape index (κ2) is 8.83. The molecule has 31 valence electrons. The molecule has 3 radical (unpaired) electrons. The Morgan fingerprint density at radius 3 is 1.80 bits per heavy atom. The SMILES string of the molecule is CCC[Te].[O]. The predicted molar refractivity (Wildman–Crippen MR) is 21.5 cm³/mol. The summed E-state index contributed by atoms with van der Waals surface area (Å²) in [5, 5.41) is 0. The van der Waals surface area contributed by atoms with Crippen molar-refractivity contribution in [3.05, 3.63) is 0 Å². The molecule has 0 aromatic carbocycles. The molecule has 0 aliphatic rings. The maximum absolute atomic E-state index is 2.18. The van der Waals surface area contributed by atoms with Gasteiger partial charge < -0.3 is 0 Å². The summed E-state index contributed by atoms with van der Waals surface area (Å²) in [5.74, 6) is 0. The molecule has 2 heteroatoms. The third-order valence-electron chi connectivity index (χ3n) is 0.204. The molecule has 0 bridgehead atoms. The zero-order valence-electron chi connectivity index (χ0n) is 3.23. The molecule has 0 N–H and O–H groups in total. The number of rotatable bonds is 1. The van der Waals surface area contributed by atoms with Crippen LogP contribution in [0.15, 0.2) is 0 Å². The van der Waals surface area contributed by atoms with Crippen LogP contribution in [-0.4, -0.2) is 22.3 Å². The van der Waals surface area contributed by atoms with Crippen molar-refractivity contribution in [2.24, 2.45) is 0 Å². The molecule has 5 heavy (non-hydrogen) atoms. The van der Waals surface area contributed by atoms with Crippen molar-refractivity contribution in [2.45, 2.75) is 17.8 Å². The molecule has 0 spiro atoms. The Hall–Kier alpha value is 0.750. The summed E-state index contributed by atoms with van der Waals surface area (Å²) in [5.41, 5.74) is 0. The van der Waals surface area contributed by atoms with E-state index in [1.54, 1.807) is 0 Å². The van der Waals surface area contributed by atoms with Crippen molar-refractivity contribution in [1.29, 1.82) is 0 Å². The first-order chi connectivity index (χ1) is 1.91. The van der Waals surface area contributed by atoms with Gasteiger partial charge in [0.25, 0.3) is 0 Å². The zero-order valence-corrected chi connectivity index (χ0v) is 5.56. The summed E-state index contributed by atoms with van der Waals surface area (Å²) >= 11 is 2.12. The minimum Gasteiger partial charge on any atom is 0 e. The molecule has 0 aromatic heterocycles. The van der Waals surface area contributed by atoms with Crippen molar-refractivity contribution >= 4 is 22.3 Å². The molecular formula is C3H7OTe. The summed E-state index contributed by atoms with van der Waals surface area (Å²) in [4.78, 5) is 0. The third-order valence-corrected chi connectivity index (χ3v) is 1.37. The van der Waals surface area contributed by atoms with Gasteiger partial charge in [-0.3, -0.25) is 0 Å². The molecular weight excluding hydrogens is 180 g/mol. The standard InChI is InChI=1S/C3H7Te.O/c1-2-3-4;/h2-3H2,1H3;.